The van der Waals surface area contributed by atoms with Crippen LogP contribution in [-0.4, -0.2) is 9.38 Å². The Morgan fingerprint density at radius 1 is 1.70 bits per heavy atom. The highest BCUT2D eigenvalue weighted by molar-refractivity contribution is 7.15. The van der Waals surface area contributed by atoms with E-state index < -0.39 is 0 Å². The number of thiazole rings is 1. The number of imidazole rings is 1. The predicted octanol–water partition coefficient (Wildman–Crippen LogP) is 1.29. The molecule has 0 aliphatic rings. The van der Waals surface area contributed by atoms with Crippen molar-refractivity contribution in [1.29, 1.82) is 0 Å². The molecule has 2 aromatic rings. The Hall–Kier alpha value is -1.03. The van der Waals surface area contributed by atoms with Crippen molar-refractivity contribution >= 4 is 22.1 Å². The summed E-state index contributed by atoms with van der Waals surface area (Å²) in [5.74, 6) is 0.593. The van der Waals surface area contributed by atoms with E-state index in [-0.39, 0.29) is 0 Å². The molecule has 10 heavy (non-hydrogen) atoms. The SMILES string of the molecule is Cc1csc2nc(N)cn12. The minimum atomic E-state index is 0.593. The van der Waals surface area contributed by atoms with Gasteiger partial charge in [0.25, 0.3) is 0 Å². The van der Waals surface area contributed by atoms with Gasteiger partial charge in [0.1, 0.15) is 5.82 Å². The van der Waals surface area contributed by atoms with E-state index in [0.717, 1.165) is 4.96 Å². The predicted molar refractivity (Wildman–Crippen MR) is 42.2 cm³/mol. The number of hydrogen-bond acceptors (Lipinski definition) is 3. The maximum atomic E-state index is 5.48. The molecule has 0 radical (unpaired) electrons. The summed E-state index contributed by atoms with van der Waals surface area (Å²) in [5.41, 5.74) is 6.66. The smallest absolute Gasteiger partial charge is 0.195 e. The zero-order chi connectivity index (χ0) is 7.14. The number of anilines is 1. The van der Waals surface area contributed by atoms with Gasteiger partial charge in [-0.25, -0.2) is 4.98 Å². The van der Waals surface area contributed by atoms with Crippen LogP contribution in [0, 0.1) is 6.92 Å². The average Bonchev–Trinajstić information content (AvgIpc) is 2.35. The summed E-state index contributed by atoms with van der Waals surface area (Å²) in [6, 6.07) is 0. The summed E-state index contributed by atoms with van der Waals surface area (Å²) >= 11 is 1.61. The largest absolute Gasteiger partial charge is 0.382 e. The van der Waals surface area contributed by atoms with E-state index in [0.29, 0.717) is 5.82 Å². The van der Waals surface area contributed by atoms with Gasteiger partial charge in [0.05, 0.1) is 6.20 Å². The number of nitrogens with zero attached hydrogens (tertiary/aromatic N) is 2. The van der Waals surface area contributed by atoms with Crippen molar-refractivity contribution in [2.75, 3.05) is 5.73 Å². The molecule has 4 heteroatoms. The third-order valence-corrected chi connectivity index (χ3v) is 2.36. The lowest BCUT2D eigenvalue weighted by molar-refractivity contribution is 1.13. The summed E-state index contributed by atoms with van der Waals surface area (Å²) < 4.78 is 1.99. The van der Waals surface area contributed by atoms with E-state index in [4.69, 9.17) is 5.73 Å². The van der Waals surface area contributed by atoms with E-state index in [2.05, 4.69) is 10.4 Å². The number of aromatic nitrogens is 2. The number of rotatable bonds is 0. The highest BCUT2D eigenvalue weighted by atomic mass is 32.1. The van der Waals surface area contributed by atoms with Crippen LogP contribution in [0.5, 0.6) is 0 Å². The lowest BCUT2D eigenvalue weighted by Gasteiger charge is -1.82. The molecule has 2 heterocycles. The summed E-state index contributed by atoms with van der Waals surface area (Å²) in [6.45, 7) is 2.03. The lowest BCUT2D eigenvalue weighted by Crippen LogP contribution is -1.82. The molecular formula is C6H7N3S. The highest BCUT2D eigenvalue weighted by Gasteiger charge is 2.00. The van der Waals surface area contributed by atoms with Crippen LogP contribution in [0.4, 0.5) is 5.82 Å². The van der Waals surface area contributed by atoms with Gasteiger partial charge in [-0.3, -0.25) is 4.40 Å². The first kappa shape index (κ1) is 5.73. The van der Waals surface area contributed by atoms with Crippen LogP contribution in [0.2, 0.25) is 0 Å². The summed E-state index contributed by atoms with van der Waals surface area (Å²) in [7, 11) is 0. The van der Waals surface area contributed by atoms with Gasteiger partial charge in [0.15, 0.2) is 4.96 Å². The second-order valence-corrected chi connectivity index (χ2v) is 3.03. The van der Waals surface area contributed by atoms with Crippen molar-refractivity contribution in [2.24, 2.45) is 0 Å². The summed E-state index contributed by atoms with van der Waals surface area (Å²) in [4.78, 5) is 5.06. The molecule has 2 aromatic heterocycles. The molecule has 0 aliphatic heterocycles. The van der Waals surface area contributed by atoms with Crippen LogP contribution in [-0.2, 0) is 0 Å². The molecule has 2 rings (SSSR count). The molecule has 0 aliphatic carbocycles. The Morgan fingerprint density at radius 2 is 2.50 bits per heavy atom. The van der Waals surface area contributed by atoms with Crippen molar-refractivity contribution in [1.82, 2.24) is 9.38 Å². The zero-order valence-corrected chi connectivity index (χ0v) is 6.35. The maximum Gasteiger partial charge on any atom is 0.195 e. The van der Waals surface area contributed by atoms with Crippen molar-refractivity contribution in [2.45, 2.75) is 6.92 Å². The fraction of sp³-hybridized carbons (Fsp3) is 0.167. The first-order chi connectivity index (χ1) is 4.77. The molecule has 0 fully saturated rings. The van der Waals surface area contributed by atoms with Crippen LogP contribution in [0.1, 0.15) is 5.69 Å². The Labute approximate surface area is 62.1 Å². The van der Waals surface area contributed by atoms with Crippen molar-refractivity contribution in [3.8, 4) is 0 Å². The van der Waals surface area contributed by atoms with Crippen LogP contribution in [0.3, 0.4) is 0 Å². The Bertz CT molecular complexity index is 360. The average molecular weight is 153 g/mol. The van der Waals surface area contributed by atoms with Gasteiger partial charge >= 0.3 is 0 Å². The number of hydrogen-bond donors (Lipinski definition) is 1. The third kappa shape index (κ3) is 0.623. The fourth-order valence-corrected chi connectivity index (χ4v) is 1.77. The lowest BCUT2D eigenvalue weighted by atomic mass is 10.6. The second-order valence-electron chi connectivity index (χ2n) is 2.20. The van der Waals surface area contributed by atoms with Gasteiger partial charge in [-0.1, -0.05) is 0 Å². The first-order valence-corrected chi connectivity index (χ1v) is 3.84. The molecule has 0 atom stereocenters. The van der Waals surface area contributed by atoms with E-state index in [1.165, 1.54) is 5.69 Å². The number of nitrogens with two attached hydrogens (primary N) is 1. The molecule has 0 aromatic carbocycles. The van der Waals surface area contributed by atoms with Gasteiger partial charge in [-0.15, -0.1) is 11.3 Å². The van der Waals surface area contributed by atoms with Gasteiger partial charge in [-0.05, 0) is 6.92 Å². The molecule has 3 nitrogen and oxygen atoms in total. The van der Waals surface area contributed by atoms with Gasteiger partial charge in [0, 0.05) is 11.1 Å². The molecule has 2 N–H and O–H groups in total. The van der Waals surface area contributed by atoms with Crippen LogP contribution in [0.15, 0.2) is 11.6 Å². The fourth-order valence-electron chi connectivity index (χ4n) is 0.911. The molecular weight excluding hydrogens is 146 g/mol. The Balaban J connectivity index is 2.90. The van der Waals surface area contributed by atoms with Crippen LogP contribution >= 0.6 is 11.3 Å². The van der Waals surface area contributed by atoms with Crippen molar-refractivity contribution in [3.63, 3.8) is 0 Å². The molecule has 0 bridgehead atoms. The minimum Gasteiger partial charge on any atom is -0.382 e. The molecule has 0 saturated heterocycles. The molecule has 0 spiro atoms. The number of aryl methyl sites for hydroxylation is 1. The minimum absolute atomic E-state index is 0.593. The van der Waals surface area contributed by atoms with Crippen molar-refractivity contribution in [3.05, 3.63) is 17.3 Å². The van der Waals surface area contributed by atoms with Gasteiger partial charge in [0.2, 0.25) is 0 Å². The van der Waals surface area contributed by atoms with E-state index >= 15 is 0 Å². The van der Waals surface area contributed by atoms with E-state index in [1.54, 1.807) is 11.3 Å². The van der Waals surface area contributed by atoms with Gasteiger partial charge in [-0.2, -0.15) is 0 Å². The Kier molecular flexibility index (Phi) is 0.990. The standard InChI is InChI=1S/C6H7N3S/c1-4-3-10-6-8-5(7)2-9(4)6/h2-3H,7H2,1H3. The quantitative estimate of drug-likeness (QED) is 0.619. The Morgan fingerprint density at radius 3 is 3.20 bits per heavy atom. The number of nitrogen functional groups attached to an aromatic ring is 1. The van der Waals surface area contributed by atoms with Crippen LogP contribution < -0.4 is 5.73 Å². The summed E-state index contributed by atoms with van der Waals surface area (Å²) in [6.07, 6.45) is 1.83. The molecule has 0 unspecified atom stereocenters. The van der Waals surface area contributed by atoms with E-state index in [9.17, 15) is 0 Å². The van der Waals surface area contributed by atoms with E-state index in [1.807, 2.05) is 17.5 Å². The number of fused-ring (bicyclic) bond motifs is 1. The molecule has 52 valence electrons. The monoisotopic (exact) mass is 153 g/mol. The van der Waals surface area contributed by atoms with Crippen molar-refractivity contribution < 1.29 is 0 Å². The maximum absolute atomic E-state index is 5.48. The molecule has 0 saturated carbocycles. The topological polar surface area (TPSA) is 43.3 Å². The summed E-state index contributed by atoms with van der Waals surface area (Å²) in [5, 5.41) is 2.06. The normalized spacial score (nSPS) is 10.9. The molecule has 0 amide bonds. The zero-order valence-electron chi connectivity index (χ0n) is 5.53. The highest BCUT2D eigenvalue weighted by Crippen LogP contribution is 2.15. The first-order valence-electron chi connectivity index (χ1n) is 2.96. The van der Waals surface area contributed by atoms with Gasteiger partial charge < -0.3 is 5.73 Å². The second kappa shape index (κ2) is 1.73. The third-order valence-electron chi connectivity index (χ3n) is 1.41. The van der Waals surface area contributed by atoms with Crippen LogP contribution in [0.25, 0.3) is 4.96 Å².